The summed E-state index contributed by atoms with van der Waals surface area (Å²) in [6.45, 7) is 0. The quantitative estimate of drug-likeness (QED) is 0.156. The molecule has 236 valence electrons. The summed E-state index contributed by atoms with van der Waals surface area (Å²) in [5.74, 6) is -0.767. The average molecular weight is 631 g/mol. The maximum absolute atomic E-state index is 13.5. The summed E-state index contributed by atoms with van der Waals surface area (Å²) in [6.07, 6.45) is 1.88. The first-order chi connectivity index (χ1) is 23.6. The molecule has 7 rings (SSSR count). The number of aromatic nitrogens is 2. The molecule has 2 aromatic heterocycles. The predicted molar refractivity (Wildman–Crippen MR) is 187 cm³/mol. The smallest absolute Gasteiger partial charge is 0.338 e. The number of hydrogen-bond donors (Lipinski definition) is 0. The summed E-state index contributed by atoms with van der Waals surface area (Å²) in [5, 5.41) is 0. The normalized spacial score (nSPS) is 15.8. The number of carbonyl (C=O) groups excluding carboxylic acids is 2. The van der Waals surface area contributed by atoms with Gasteiger partial charge in [-0.3, -0.25) is 0 Å². The van der Waals surface area contributed by atoms with Crippen molar-refractivity contribution in [1.29, 1.82) is 0 Å². The second-order valence-electron chi connectivity index (χ2n) is 11.9. The van der Waals surface area contributed by atoms with E-state index in [0.717, 1.165) is 22.3 Å². The third-order valence-corrected chi connectivity index (χ3v) is 8.57. The molecule has 1 aliphatic rings. The van der Waals surface area contributed by atoms with Crippen molar-refractivity contribution in [2.45, 2.75) is 37.9 Å². The molecule has 0 amide bonds. The van der Waals surface area contributed by atoms with Crippen LogP contribution in [0.1, 0.15) is 46.4 Å². The molecule has 48 heavy (non-hydrogen) atoms. The topological polar surface area (TPSA) is 78.4 Å². The van der Waals surface area contributed by atoms with E-state index in [4.69, 9.17) is 19.4 Å². The van der Waals surface area contributed by atoms with Gasteiger partial charge in [0, 0.05) is 22.3 Å². The Hall–Kier alpha value is -5.88. The van der Waals surface area contributed by atoms with Crippen molar-refractivity contribution in [2.24, 2.45) is 0 Å². The van der Waals surface area contributed by atoms with Gasteiger partial charge in [-0.15, -0.1) is 0 Å². The monoisotopic (exact) mass is 630 g/mol. The van der Waals surface area contributed by atoms with Gasteiger partial charge in [0.15, 0.2) is 0 Å². The Morgan fingerprint density at radius 1 is 0.417 bits per heavy atom. The molecule has 1 saturated carbocycles. The molecule has 0 saturated heterocycles. The van der Waals surface area contributed by atoms with Gasteiger partial charge in [0.2, 0.25) is 0 Å². The molecule has 6 aromatic rings. The van der Waals surface area contributed by atoms with Crippen molar-refractivity contribution in [3.63, 3.8) is 0 Å². The van der Waals surface area contributed by atoms with Crippen LogP contribution in [-0.2, 0) is 9.47 Å². The molecule has 0 spiro atoms. The molecular weight excluding hydrogens is 596 g/mol. The van der Waals surface area contributed by atoms with Gasteiger partial charge in [0.05, 0.1) is 33.9 Å². The molecular formula is C42H34N2O4. The van der Waals surface area contributed by atoms with Crippen molar-refractivity contribution in [1.82, 2.24) is 9.97 Å². The van der Waals surface area contributed by atoms with Crippen LogP contribution < -0.4 is 0 Å². The molecule has 0 aliphatic heterocycles. The number of benzene rings is 4. The maximum atomic E-state index is 13.5. The minimum Gasteiger partial charge on any atom is -0.459 e. The second kappa shape index (κ2) is 14.3. The van der Waals surface area contributed by atoms with Gasteiger partial charge in [-0.25, -0.2) is 19.6 Å². The Bertz CT molecular complexity index is 1740. The van der Waals surface area contributed by atoms with E-state index in [1.165, 1.54) is 0 Å². The molecule has 2 heterocycles. The van der Waals surface area contributed by atoms with E-state index in [-0.39, 0.29) is 24.1 Å². The third-order valence-electron chi connectivity index (χ3n) is 8.57. The van der Waals surface area contributed by atoms with Crippen LogP contribution in [0.3, 0.4) is 0 Å². The SMILES string of the molecule is O=C(OC1CCC(OC(=O)c2cc(-c3ccccc3)nc(-c3ccccc3)c2)CC1)c1cc(-c2ccccc2)nc(-c2ccccc2)c1. The summed E-state index contributed by atoms with van der Waals surface area (Å²) in [6, 6.07) is 46.4. The van der Waals surface area contributed by atoms with Crippen LogP contribution >= 0.6 is 0 Å². The zero-order chi connectivity index (χ0) is 32.7. The predicted octanol–water partition coefficient (Wildman–Crippen LogP) is 9.47. The Balaban J connectivity index is 1.03. The number of hydrogen-bond acceptors (Lipinski definition) is 6. The highest BCUT2D eigenvalue weighted by Crippen LogP contribution is 2.30. The first-order valence-corrected chi connectivity index (χ1v) is 16.3. The fraction of sp³-hybridized carbons (Fsp3) is 0.143. The van der Waals surface area contributed by atoms with Crippen LogP contribution in [0.15, 0.2) is 146 Å². The van der Waals surface area contributed by atoms with Gasteiger partial charge in [-0.2, -0.15) is 0 Å². The lowest BCUT2D eigenvalue weighted by molar-refractivity contribution is -0.0108. The second-order valence-corrected chi connectivity index (χ2v) is 11.9. The van der Waals surface area contributed by atoms with Crippen LogP contribution in [0.2, 0.25) is 0 Å². The van der Waals surface area contributed by atoms with E-state index in [1.807, 2.05) is 121 Å². The molecule has 6 heteroatoms. The number of carbonyl (C=O) groups is 2. The van der Waals surface area contributed by atoms with Crippen molar-refractivity contribution in [3.8, 4) is 45.0 Å². The van der Waals surface area contributed by atoms with Gasteiger partial charge in [-0.05, 0) is 49.9 Å². The Kier molecular flexibility index (Phi) is 9.14. The Morgan fingerprint density at radius 2 is 0.667 bits per heavy atom. The number of pyridine rings is 2. The highest BCUT2D eigenvalue weighted by atomic mass is 16.6. The zero-order valence-corrected chi connectivity index (χ0v) is 26.4. The largest absolute Gasteiger partial charge is 0.459 e. The van der Waals surface area contributed by atoms with E-state index >= 15 is 0 Å². The van der Waals surface area contributed by atoms with Gasteiger partial charge in [0.1, 0.15) is 12.2 Å². The Labute approximate surface area is 280 Å². The molecule has 0 unspecified atom stereocenters. The fourth-order valence-electron chi connectivity index (χ4n) is 6.03. The van der Waals surface area contributed by atoms with E-state index in [2.05, 4.69) is 0 Å². The lowest BCUT2D eigenvalue weighted by Gasteiger charge is -2.28. The first kappa shape index (κ1) is 30.8. The number of rotatable bonds is 8. The van der Waals surface area contributed by atoms with Crippen molar-refractivity contribution >= 4 is 11.9 Å². The fourth-order valence-corrected chi connectivity index (χ4v) is 6.03. The van der Waals surface area contributed by atoms with E-state index < -0.39 is 0 Å². The molecule has 0 atom stereocenters. The van der Waals surface area contributed by atoms with Gasteiger partial charge >= 0.3 is 11.9 Å². The van der Waals surface area contributed by atoms with Crippen LogP contribution in [0.25, 0.3) is 45.0 Å². The van der Waals surface area contributed by atoms with Crippen molar-refractivity contribution < 1.29 is 19.1 Å². The van der Waals surface area contributed by atoms with Crippen molar-refractivity contribution in [3.05, 3.63) is 157 Å². The highest BCUT2D eigenvalue weighted by Gasteiger charge is 2.28. The molecule has 4 aromatic carbocycles. The first-order valence-electron chi connectivity index (χ1n) is 16.3. The molecule has 0 radical (unpaired) electrons. The van der Waals surface area contributed by atoms with E-state index in [9.17, 15) is 9.59 Å². The van der Waals surface area contributed by atoms with E-state index in [1.54, 1.807) is 24.3 Å². The maximum Gasteiger partial charge on any atom is 0.338 e. The average Bonchev–Trinajstić information content (AvgIpc) is 3.16. The summed E-state index contributed by atoms with van der Waals surface area (Å²) < 4.78 is 12.0. The summed E-state index contributed by atoms with van der Waals surface area (Å²) >= 11 is 0. The van der Waals surface area contributed by atoms with Crippen LogP contribution in [0.4, 0.5) is 0 Å². The standard InChI is InChI=1S/C42H34N2O4/c45-41(33-25-37(29-13-5-1-6-14-29)43-38(26-33)30-15-7-2-8-16-30)47-35-21-23-36(24-22-35)48-42(46)34-27-39(31-17-9-3-10-18-31)44-40(28-34)32-19-11-4-12-20-32/h1-20,25-28,35-36H,21-24H2. The van der Waals surface area contributed by atoms with Gasteiger partial charge in [-0.1, -0.05) is 121 Å². The lowest BCUT2D eigenvalue weighted by Crippen LogP contribution is -2.30. The molecule has 1 fully saturated rings. The van der Waals surface area contributed by atoms with E-state index in [0.29, 0.717) is 59.6 Å². The molecule has 0 N–H and O–H groups in total. The van der Waals surface area contributed by atoms with Gasteiger partial charge < -0.3 is 9.47 Å². The summed E-state index contributed by atoms with van der Waals surface area (Å²) in [7, 11) is 0. The third kappa shape index (κ3) is 7.24. The highest BCUT2D eigenvalue weighted by molar-refractivity contribution is 5.93. The minimum atomic E-state index is -0.383. The van der Waals surface area contributed by atoms with Crippen LogP contribution in [-0.4, -0.2) is 34.1 Å². The molecule has 1 aliphatic carbocycles. The minimum absolute atomic E-state index is 0.267. The zero-order valence-electron chi connectivity index (χ0n) is 26.4. The van der Waals surface area contributed by atoms with Crippen LogP contribution in [0, 0.1) is 0 Å². The number of esters is 2. The molecule has 6 nitrogen and oxygen atoms in total. The molecule has 0 bridgehead atoms. The Morgan fingerprint density at radius 3 is 0.917 bits per heavy atom. The summed E-state index contributed by atoms with van der Waals surface area (Å²) in [5.41, 5.74) is 7.45. The summed E-state index contributed by atoms with van der Waals surface area (Å²) in [4.78, 5) is 36.7. The lowest BCUT2D eigenvalue weighted by atomic mass is 9.94. The number of ether oxygens (including phenoxy) is 2. The van der Waals surface area contributed by atoms with Crippen molar-refractivity contribution in [2.75, 3.05) is 0 Å². The van der Waals surface area contributed by atoms with Gasteiger partial charge in [0.25, 0.3) is 0 Å². The number of nitrogens with zero attached hydrogens (tertiary/aromatic N) is 2. The van der Waals surface area contributed by atoms with Crippen LogP contribution in [0.5, 0.6) is 0 Å².